The highest BCUT2D eigenvalue weighted by Gasteiger charge is 2.76. The van der Waals surface area contributed by atoms with Crippen molar-refractivity contribution < 1.29 is 4.74 Å². The first-order valence-electron chi connectivity index (χ1n) is 5.96. The number of benzene rings is 1. The van der Waals surface area contributed by atoms with Crippen molar-refractivity contribution in [2.75, 3.05) is 0 Å². The van der Waals surface area contributed by atoms with Gasteiger partial charge in [0, 0.05) is 11.8 Å². The predicted molar refractivity (Wildman–Crippen MR) is 59.1 cm³/mol. The van der Waals surface area contributed by atoms with Gasteiger partial charge < -0.3 is 4.74 Å². The fourth-order valence-electron chi connectivity index (χ4n) is 4.30. The van der Waals surface area contributed by atoms with Gasteiger partial charge in [0.15, 0.2) is 0 Å². The van der Waals surface area contributed by atoms with Crippen LogP contribution in [0.25, 0.3) is 0 Å². The number of epoxide rings is 1. The Kier molecular flexibility index (Phi) is 1.19. The molecule has 2 unspecified atom stereocenters. The van der Waals surface area contributed by atoms with E-state index < -0.39 is 0 Å². The molecule has 0 aromatic heterocycles. The van der Waals surface area contributed by atoms with E-state index in [0.717, 1.165) is 0 Å². The van der Waals surface area contributed by atoms with Crippen LogP contribution in [0.2, 0.25) is 0 Å². The molecule has 0 amide bonds. The monoisotopic (exact) mass is 200 g/mol. The predicted octanol–water partition coefficient (Wildman–Crippen LogP) is 3.21. The van der Waals surface area contributed by atoms with Gasteiger partial charge in [-0.25, -0.2) is 0 Å². The summed E-state index contributed by atoms with van der Waals surface area (Å²) < 4.78 is 6.12. The Morgan fingerprint density at radius 1 is 1.07 bits per heavy atom. The molecule has 78 valence electrons. The van der Waals surface area contributed by atoms with Gasteiger partial charge in [-0.05, 0) is 37.8 Å². The maximum absolute atomic E-state index is 6.12. The largest absolute Gasteiger partial charge is 0.362 e. The lowest BCUT2D eigenvalue weighted by molar-refractivity contribution is 0.260. The van der Waals surface area contributed by atoms with Crippen LogP contribution in [-0.4, -0.2) is 11.2 Å². The van der Waals surface area contributed by atoms with Gasteiger partial charge in [-0.2, -0.15) is 0 Å². The van der Waals surface area contributed by atoms with E-state index in [1.165, 1.54) is 12.8 Å². The van der Waals surface area contributed by atoms with Crippen LogP contribution in [0.15, 0.2) is 24.3 Å². The Morgan fingerprint density at radius 3 is 1.93 bits per heavy atom. The number of hydrogen-bond donors (Lipinski definition) is 0. The van der Waals surface area contributed by atoms with Crippen LogP contribution in [0.5, 0.6) is 0 Å². The van der Waals surface area contributed by atoms with Crippen molar-refractivity contribution in [1.82, 2.24) is 0 Å². The van der Waals surface area contributed by atoms with E-state index >= 15 is 0 Å². The highest BCUT2D eigenvalue weighted by molar-refractivity contribution is 5.51. The Morgan fingerprint density at radius 2 is 1.53 bits per heavy atom. The van der Waals surface area contributed by atoms with E-state index in [-0.39, 0.29) is 11.2 Å². The second-order valence-corrected chi connectivity index (χ2v) is 5.72. The van der Waals surface area contributed by atoms with Crippen molar-refractivity contribution >= 4 is 0 Å². The third kappa shape index (κ3) is 0.710. The zero-order valence-electron chi connectivity index (χ0n) is 9.29. The summed E-state index contributed by atoms with van der Waals surface area (Å²) in [4.78, 5) is 0. The molecule has 2 fully saturated rings. The second-order valence-electron chi connectivity index (χ2n) is 5.72. The minimum Gasteiger partial charge on any atom is -0.362 e. The average Bonchev–Trinajstić information content (AvgIpc) is 2.57. The minimum absolute atomic E-state index is 0.109. The number of hydrogen-bond acceptors (Lipinski definition) is 1. The Labute approximate surface area is 90.4 Å². The molecule has 1 aromatic carbocycles. The molecule has 2 atom stereocenters. The van der Waals surface area contributed by atoms with Gasteiger partial charge >= 0.3 is 0 Å². The molecule has 0 radical (unpaired) electrons. The summed E-state index contributed by atoms with van der Waals surface area (Å²) in [6, 6.07) is 8.95. The lowest BCUT2D eigenvalue weighted by Crippen LogP contribution is -2.23. The van der Waals surface area contributed by atoms with Crippen LogP contribution in [-0.2, 0) is 4.74 Å². The molecule has 4 rings (SSSR count). The SMILES string of the molecule is CC1(C)OC12C1CCC2c2ccccc21. The average molecular weight is 200 g/mol. The lowest BCUT2D eigenvalue weighted by Gasteiger charge is -2.13. The van der Waals surface area contributed by atoms with Gasteiger partial charge in [0.05, 0.1) is 5.60 Å². The molecule has 1 saturated heterocycles. The van der Waals surface area contributed by atoms with Crippen molar-refractivity contribution in [3.63, 3.8) is 0 Å². The van der Waals surface area contributed by atoms with Crippen LogP contribution in [0, 0.1) is 0 Å². The molecule has 1 heterocycles. The first kappa shape index (κ1) is 8.35. The van der Waals surface area contributed by atoms with Crippen molar-refractivity contribution in [3.8, 4) is 0 Å². The number of fused-ring (bicyclic) bond motifs is 3. The molecular formula is C14H16O. The van der Waals surface area contributed by atoms with E-state index in [9.17, 15) is 0 Å². The van der Waals surface area contributed by atoms with Crippen LogP contribution in [0.1, 0.15) is 49.7 Å². The summed E-state index contributed by atoms with van der Waals surface area (Å²) in [5.74, 6) is 1.35. The maximum atomic E-state index is 6.12. The summed E-state index contributed by atoms with van der Waals surface area (Å²) in [6.07, 6.45) is 2.65. The molecule has 2 aliphatic carbocycles. The van der Waals surface area contributed by atoms with Crippen LogP contribution in [0.4, 0.5) is 0 Å². The van der Waals surface area contributed by atoms with Crippen LogP contribution < -0.4 is 0 Å². The van der Waals surface area contributed by atoms with E-state index in [2.05, 4.69) is 38.1 Å². The topological polar surface area (TPSA) is 12.5 Å². The summed E-state index contributed by atoms with van der Waals surface area (Å²) in [5, 5.41) is 0. The van der Waals surface area contributed by atoms with Gasteiger partial charge in [0.25, 0.3) is 0 Å². The number of rotatable bonds is 0. The first-order valence-corrected chi connectivity index (χ1v) is 5.96. The van der Waals surface area contributed by atoms with E-state index in [1.54, 1.807) is 11.1 Å². The molecule has 3 aliphatic rings. The summed E-state index contributed by atoms with van der Waals surface area (Å²) in [7, 11) is 0. The smallest absolute Gasteiger partial charge is 0.111 e. The highest BCUT2D eigenvalue weighted by Crippen LogP contribution is 2.73. The fraction of sp³-hybridized carbons (Fsp3) is 0.571. The molecule has 2 bridgehead atoms. The maximum Gasteiger partial charge on any atom is 0.111 e. The van der Waals surface area contributed by atoms with Crippen LogP contribution in [0.3, 0.4) is 0 Å². The third-order valence-electron chi connectivity index (χ3n) is 4.85. The molecule has 0 N–H and O–H groups in total. The standard InChI is InChI=1S/C14H16O/c1-13(2)14(15-13)11-7-8-12(14)10-6-4-3-5-9(10)11/h3-6,11-12H,7-8H2,1-2H3. The van der Waals surface area contributed by atoms with Crippen molar-refractivity contribution in [2.45, 2.75) is 49.7 Å². The Hall–Kier alpha value is -0.820. The zero-order valence-corrected chi connectivity index (χ0v) is 9.29. The Balaban J connectivity index is 1.94. The van der Waals surface area contributed by atoms with E-state index in [1.807, 2.05) is 0 Å². The fourth-order valence-corrected chi connectivity index (χ4v) is 4.30. The van der Waals surface area contributed by atoms with Crippen molar-refractivity contribution in [1.29, 1.82) is 0 Å². The molecule has 1 nitrogen and oxygen atoms in total. The second kappa shape index (κ2) is 2.15. The Bertz CT molecular complexity index is 415. The molecular weight excluding hydrogens is 184 g/mol. The molecule has 1 saturated carbocycles. The van der Waals surface area contributed by atoms with Gasteiger partial charge in [-0.1, -0.05) is 24.3 Å². The summed E-state index contributed by atoms with van der Waals surface area (Å²) in [5.41, 5.74) is 3.42. The lowest BCUT2D eigenvalue weighted by atomic mass is 9.84. The highest BCUT2D eigenvalue weighted by atomic mass is 16.6. The molecule has 1 aromatic rings. The van der Waals surface area contributed by atoms with Crippen LogP contribution >= 0.6 is 0 Å². The van der Waals surface area contributed by atoms with Gasteiger partial charge in [-0.3, -0.25) is 0 Å². The molecule has 1 aliphatic heterocycles. The van der Waals surface area contributed by atoms with Crippen molar-refractivity contribution in [3.05, 3.63) is 35.4 Å². The first-order chi connectivity index (χ1) is 7.17. The summed E-state index contributed by atoms with van der Waals surface area (Å²) >= 11 is 0. The van der Waals surface area contributed by atoms with Crippen molar-refractivity contribution in [2.24, 2.45) is 0 Å². The quantitative estimate of drug-likeness (QED) is 0.586. The normalized spacial score (nSPS) is 43.3. The molecule has 1 spiro atoms. The zero-order chi connectivity index (χ0) is 10.3. The summed E-state index contributed by atoms with van der Waals surface area (Å²) in [6.45, 7) is 4.51. The number of ether oxygens (including phenoxy) is 1. The minimum atomic E-state index is 0.109. The van der Waals surface area contributed by atoms with Gasteiger partial charge in [-0.15, -0.1) is 0 Å². The molecule has 15 heavy (non-hydrogen) atoms. The molecule has 1 heteroatoms. The third-order valence-corrected chi connectivity index (χ3v) is 4.85. The van der Waals surface area contributed by atoms with Gasteiger partial charge in [0.1, 0.15) is 5.60 Å². The van der Waals surface area contributed by atoms with Gasteiger partial charge in [0.2, 0.25) is 0 Å². The van der Waals surface area contributed by atoms with E-state index in [0.29, 0.717) is 11.8 Å². The van der Waals surface area contributed by atoms with E-state index in [4.69, 9.17) is 4.74 Å².